The average Bonchev–Trinajstić information content (AvgIpc) is 2.89. The monoisotopic (exact) mass is 353 g/mol. The molecule has 4 heteroatoms. The first-order valence-electron chi connectivity index (χ1n) is 7.50. The summed E-state index contributed by atoms with van der Waals surface area (Å²) in [6.07, 6.45) is 3.54. The molecule has 0 spiro atoms. The van der Waals surface area contributed by atoms with Gasteiger partial charge in [-0.05, 0) is 64.1 Å². The standard InChI is InChI=1S/C17H21BrFNO/c1-16(2)10-7-8-17(3,9-10)15(16)20-14(21)11-5-4-6-12(18)13(11)19/h4-6,10,15H,7-9H2,1-3H3,(H,20,21). The molecule has 1 aromatic rings. The first-order valence-corrected chi connectivity index (χ1v) is 8.30. The summed E-state index contributed by atoms with van der Waals surface area (Å²) in [5, 5.41) is 3.13. The molecule has 0 radical (unpaired) electrons. The lowest BCUT2D eigenvalue weighted by Crippen LogP contribution is -2.52. The van der Waals surface area contributed by atoms with E-state index in [1.165, 1.54) is 12.5 Å². The molecule has 2 bridgehead atoms. The minimum absolute atomic E-state index is 0.0746. The van der Waals surface area contributed by atoms with Crippen molar-refractivity contribution in [2.24, 2.45) is 16.7 Å². The number of hydrogen-bond acceptors (Lipinski definition) is 1. The van der Waals surface area contributed by atoms with E-state index >= 15 is 0 Å². The molecule has 3 rings (SSSR count). The Hall–Kier alpha value is -0.900. The van der Waals surface area contributed by atoms with E-state index in [1.54, 1.807) is 12.1 Å². The minimum atomic E-state index is -0.485. The van der Waals surface area contributed by atoms with Gasteiger partial charge in [-0.2, -0.15) is 0 Å². The van der Waals surface area contributed by atoms with Gasteiger partial charge in [0.05, 0.1) is 10.0 Å². The Morgan fingerprint density at radius 2 is 2.10 bits per heavy atom. The van der Waals surface area contributed by atoms with Gasteiger partial charge >= 0.3 is 0 Å². The lowest BCUT2D eigenvalue weighted by Gasteiger charge is -2.43. The summed E-state index contributed by atoms with van der Waals surface area (Å²) in [6, 6.07) is 4.94. The van der Waals surface area contributed by atoms with E-state index in [0.717, 1.165) is 12.8 Å². The van der Waals surface area contributed by atoms with Crippen molar-refractivity contribution in [3.8, 4) is 0 Å². The first kappa shape index (κ1) is 15.0. The predicted molar refractivity (Wildman–Crippen MR) is 84.6 cm³/mol. The lowest BCUT2D eigenvalue weighted by atomic mass is 9.68. The van der Waals surface area contributed by atoms with Crippen molar-refractivity contribution in [3.05, 3.63) is 34.1 Å². The molecule has 21 heavy (non-hydrogen) atoms. The number of halogens is 2. The number of carbonyl (C=O) groups is 1. The van der Waals surface area contributed by atoms with Crippen LogP contribution in [0.4, 0.5) is 4.39 Å². The van der Waals surface area contributed by atoms with Gasteiger partial charge in [0.2, 0.25) is 0 Å². The molecule has 2 fully saturated rings. The maximum atomic E-state index is 14.1. The molecular formula is C17H21BrFNO. The number of hydrogen-bond donors (Lipinski definition) is 1. The Morgan fingerprint density at radius 3 is 2.71 bits per heavy atom. The van der Waals surface area contributed by atoms with Crippen molar-refractivity contribution in [1.29, 1.82) is 0 Å². The number of carbonyl (C=O) groups excluding carboxylic acids is 1. The maximum absolute atomic E-state index is 14.1. The van der Waals surface area contributed by atoms with Crippen LogP contribution in [0.2, 0.25) is 0 Å². The number of rotatable bonds is 2. The quantitative estimate of drug-likeness (QED) is 0.831. The van der Waals surface area contributed by atoms with Gasteiger partial charge in [0.1, 0.15) is 5.82 Å². The van der Waals surface area contributed by atoms with Crippen LogP contribution in [0.15, 0.2) is 22.7 Å². The fourth-order valence-corrected chi connectivity index (χ4v) is 4.92. The molecule has 0 aliphatic heterocycles. The molecule has 2 nitrogen and oxygen atoms in total. The number of benzene rings is 1. The van der Waals surface area contributed by atoms with Gasteiger partial charge < -0.3 is 5.32 Å². The average molecular weight is 354 g/mol. The molecule has 0 saturated heterocycles. The summed E-state index contributed by atoms with van der Waals surface area (Å²) in [5.41, 5.74) is 0.337. The first-order chi connectivity index (χ1) is 9.75. The molecule has 2 aliphatic rings. The van der Waals surface area contributed by atoms with Crippen LogP contribution in [0.3, 0.4) is 0 Å². The third-order valence-electron chi connectivity index (χ3n) is 5.74. The van der Waals surface area contributed by atoms with Crippen molar-refractivity contribution < 1.29 is 9.18 Å². The van der Waals surface area contributed by atoms with Crippen LogP contribution < -0.4 is 5.32 Å². The molecule has 1 aromatic carbocycles. The van der Waals surface area contributed by atoms with Crippen molar-refractivity contribution in [2.75, 3.05) is 0 Å². The summed E-state index contributed by atoms with van der Waals surface area (Å²) < 4.78 is 14.4. The molecular weight excluding hydrogens is 333 g/mol. The van der Waals surface area contributed by atoms with Gasteiger partial charge in [-0.3, -0.25) is 4.79 Å². The highest BCUT2D eigenvalue weighted by Gasteiger charge is 2.59. The third kappa shape index (κ3) is 2.23. The van der Waals surface area contributed by atoms with E-state index in [2.05, 4.69) is 42.0 Å². The van der Waals surface area contributed by atoms with E-state index in [4.69, 9.17) is 0 Å². The molecule has 114 valence electrons. The Kier molecular flexibility index (Phi) is 3.43. The Labute approximate surface area is 133 Å². The van der Waals surface area contributed by atoms with E-state index < -0.39 is 5.82 Å². The third-order valence-corrected chi connectivity index (χ3v) is 6.35. The fraction of sp³-hybridized carbons (Fsp3) is 0.588. The van der Waals surface area contributed by atoms with Crippen molar-refractivity contribution in [3.63, 3.8) is 0 Å². The fourth-order valence-electron chi connectivity index (χ4n) is 4.55. The van der Waals surface area contributed by atoms with Gasteiger partial charge in [-0.15, -0.1) is 0 Å². The van der Waals surface area contributed by atoms with Crippen LogP contribution in [-0.2, 0) is 0 Å². The normalized spacial score (nSPS) is 33.2. The molecule has 2 aliphatic carbocycles. The maximum Gasteiger partial charge on any atom is 0.254 e. The zero-order valence-corrected chi connectivity index (χ0v) is 14.3. The van der Waals surface area contributed by atoms with Crippen LogP contribution in [0.5, 0.6) is 0 Å². The van der Waals surface area contributed by atoms with Gasteiger partial charge in [0.25, 0.3) is 5.91 Å². The molecule has 0 heterocycles. The van der Waals surface area contributed by atoms with E-state index in [1.807, 2.05) is 0 Å². The summed E-state index contributed by atoms with van der Waals surface area (Å²) in [7, 11) is 0. The van der Waals surface area contributed by atoms with Gasteiger partial charge in [-0.25, -0.2) is 4.39 Å². The number of fused-ring (bicyclic) bond motifs is 2. The summed E-state index contributed by atoms with van der Waals surface area (Å²) in [6.45, 7) is 6.71. The molecule has 2 saturated carbocycles. The lowest BCUT2D eigenvalue weighted by molar-refractivity contribution is 0.0734. The highest BCUT2D eigenvalue weighted by Crippen LogP contribution is 2.62. The van der Waals surface area contributed by atoms with Crippen molar-refractivity contribution >= 4 is 21.8 Å². The molecule has 1 N–H and O–H groups in total. The number of nitrogens with one attached hydrogen (secondary N) is 1. The van der Waals surface area contributed by atoms with Crippen LogP contribution >= 0.6 is 15.9 Å². The second-order valence-electron chi connectivity index (χ2n) is 7.42. The Morgan fingerprint density at radius 1 is 1.38 bits per heavy atom. The van der Waals surface area contributed by atoms with Crippen LogP contribution in [0.25, 0.3) is 0 Å². The molecule has 1 amide bonds. The second kappa shape index (κ2) is 4.80. The summed E-state index contributed by atoms with van der Waals surface area (Å²) in [5.74, 6) is -0.137. The highest BCUT2D eigenvalue weighted by molar-refractivity contribution is 9.10. The highest BCUT2D eigenvalue weighted by atomic mass is 79.9. The predicted octanol–water partition coefficient (Wildman–Crippen LogP) is 4.53. The summed E-state index contributed by atoms with van der Waals surface area (Å²) in [4.78, 5) is 12.5. The van der Waals surface area contributed by atoms with E-state index in [-0.39, 0.29) is 28.3 Å². The van der Waals surface area contributed by atoms with Gasteiger partial charge in [-0.1, -0.05) is 26.8 Å². The zero-order chi connectivity index (χ0) is 15.4. The molecule has 0 aromatic heterocycles. The van der Waals surface area contributed by atoms with Crippen molar-refractivity contribution in [2.45, 2.75) is 46.1 Å². The van der Waals surface area contributed by atoms with E-state index in [0.29, 0.717) is 10.4 Å². The van der Waals surface area contributed by atoms with Gasteiger partial charge in [0.15, 0.2) is 0 Å². The SMILES string of the molecule is CC12CCC(C1)C(C)(C)C2NC(=O)c1cccc(Br)c1F. The number of amides is 1. The minimum Gasteiger partial charge on any atom is -0.348 e. The van der Waals surface area contributed by atoms with Gasteiger partial charge in [0, 0.05) is 6.04 Å². The largest absolute Gasteiger partial charge is 0.348 e. The second-order valence-corrected chi connectivity index (χ2v) is 8.28. The van der Waals surface area contributed by atoms with Crippen LogP contribution in [0.1, 0.15) is 50.4 Å². The Balaban J connectivity index is 1.87. The zero-order valence-electron chi connectivity index (χ0n) is 12.7. The van der Waals surface area contributed by atoms with Crippen molar-refractivity contribution in [1.82, 2.24) is 5.32 Å². The van der Waals surface area contributed by atoms with E-state index in [9.17, 15) is 9.18 Å². The molecule has 3 unspecified atom stereocenters. The van der Waals surface area contributed by atoms with Crippen LogP contribution in [0, 0.1) is 22.6 Å². The smallest absolute Gasteiger partial charge is 0.254 e. The topological polar surface area (TPSA) is 29.1 Å². The van der Waals surface area contributed by atoms with Crippen LogP contribution in [-0.4, -0.2) is 11.9 Å². The molecule has 3 atom stereocenters. The Bertz CT molecular complexity index is 596. The summed E-state index contributed by atoms with van der Waals surface area (Å²) >= 11 is 3.14.